The number of esters is 1. The molecule has 0 saturated carbocycles. The van der Waals surface area contributed by atoms with Gasteiger partial charge in [0.15, 0.2) is 0 Å². The van der Waals surface area contributed by atoms with Crippen LogP contribution in [0.5, 0.6) is 0 Å². The molecule has 2 aromatic rings. The van der Waals surface area contributed by atoms with Crippen LogP contribution < -0.4 is 0 Å². The fourth-order valence-electron chi connectivity index (χ4n) is 2.31. The lowest BCUT2D eigenvalue weighted by Gasteiger charge is -2.27. The zero-order chi connectivity index (χ0) is 14.2. The maximum Gasteiger partial charge on any atom is 0.303 e. The van der Waals surface area contributed by atoms with Gasteiger partial charge in [-0.3, -0.25) is 4.79 Å². The van der Waals surface area contributed by atoms with Gasteiger partial charge < -0.3 is 4.74 Å². The number of hydrogen-bond acceptors (Lipinski definition) is 2. The highest BCUT2D eigenvalue weighted by Gasteiger charge is 2.30. The van der Waals surface area contributed by atoms with Gasteiger partial charge in [0, 0.05) is 17.9 Å². The highest BCUT2D eigenvalue weighted by Crippen LogP contribution is 2.35. The van der Waals surface area contributed by atoms with Crippen molar-refractivity contribution in [3.8, 4) is 0 Å². The molecule has 0 radical (unpaired) electrons. The highest BCUT2D eigenvalue weighted by atomic mass is 19.1. The molecule has 0 aromatic heterocycles. The second-order valence-corrected chi connectivity index (χ2v) is 4.86. The van der Waals surface area contributed by atoms with Crippen LogP contribution in [0.15, 0.2) is 30.3 Å². The summed E-state index contributed by atoms with van der Waals surface area (Å²) in [5.74, 6) is -1.67. The number of halogens is 2. The van der Waals surface area contributed by atoms with Gasteiger partial charge >= 0.3 is 5.97 Å². The van der Waals surface area contributed by atoms with Crippen LogP contribution in [0.3, 0.4) is 0 Å². The second-order valence-electron chi connectivity index (χ2n) is 4.86. The number of fused-ring (bicyclic) bond motifs is 1. The first-order valence-electron chi connectivity index (χ1n) is 5.90. The van der Waals surface area contributed by atoms with Crippen molar-refractivity contribution in [1.29, 1.82) is 0 Å². The molecule has 19 heavy (non-hydrogen) atoms. The molecule has 0 heterocycles. The van der Waals surface area contributed by atoms with E-state index >= 15 is 0 Å². The second kappa shape index (κ2) is 4.61. The molecule has 2 nitrogen and oxygen atoms in total. The number of carbonyl (C=O) groups is 1. The van der Waals surface area contributed by atoms with Gasteiger partial charge in [0.25, 0.3) is 0 Å². The minimum Gasteiger partial charge on any atom is -0.455 e. The Kier molecular flexibility index (Phi) is 3.27. The third-order valence-corrected chi connectivity index (χ3v) is 2.94. The van der Waals surface area contributed by atoms with Gasteiger partial charge in [-0.25, -0.2) is 8.78 Å². The predicted molar refractivity (Wildman–Crippen MR) is 68.7 cm³/mol. The Morgan fingerprint density at radius 1 is 1.11 bits per heavy atom. The normalized spacial score (nSPS) is 11.6. The Bertz CT molecular complexity index is 648. The van der Waals surface area contributed by atoms with Crippen molar-refractivity contribution >= 4 is 16.7 Å². The van der Waals surface area contributed by atoms with E-state index in [9.17, 15) is 13.6 Å². The molecule has 0 spiro atoms. The number of carbonyl (C=O) groups excluding carboxylic acids is 1. The van der Waals surface area contributed by atoms with E-state index in [2.05, 4.69) is 0 Å². The van der Waals surface area contributed by atoms with E-state index in [4.69, 9.17) is 4.74 Å². The van der Waals surface area contributed by atoms with Crippen molar-refractivity contribution in [2.75, 3.05) is 0 Å². The summed E-state index contributed by atoms with van der Waals surface area (Å²) >= 11 is 0. The van der Waals surface area contributed by atoms with Gasteiger partial charge in [0.05, 0.1) is 0 Å². The van der Waals surface area contributed by atoms with Crippen LogP contribution in [0, 0.1) is 11.6 Å². The molecule has 0 aliphatic rings. The molecule has 0 unspecified atom stereocenters. The number of ether oxygens (including phenoxy) is 1. The van der Waals surface area contributed by atoms with Crippen LogP contribution in [-0.2, 0) is 15.1 Å². The van der Waals surface area contributed by atoms with Crippen molar-refractivity contribution in [2.24, 2.45) is 0 Å². The number of hydrogen-bond donors (Lipinski definition) is 0. The average Bonchev–Trinajstić information content (AvgIpc) is 2.28. The van der Waals surface area contributed by atoms with Crippen LogP contribution in [0.25, 0.3) is 10.8 Å². The number of rotatable bonds is 2. The number of benzene rings is 2. The molecule has 0 fully saturated rings. The van der Waals surface area contributed by atoms with Gasteiger partial charge in [-0.15, -0.1) is 0 Å². The first kappa shape index (κ1) is 13.5. The van der Waals surface area contributed by atoms with Crippen molar-refractivity contribution in [1.82, 2.24) is 0 Å². The van der Waals surface area contributed by atoms with Crippen molar-refractivity contribution in [3.63, 3.8) is 0 Å². The topological polar surface area (TPSA) is 26.3 Å². The van der Waals surface area contributed by atoms with E-state index in [-0.39, 0.29) is 10.9 Å². The van der Waals surface area contributed by atoms with Gasteiger partial charge in [-0.1, -0.05) is 18.2 Å². The lowest BCUT2D eigenvalue weighted by atomic mass is 9.91. The smallest absolute Gasteiger partial charge is 0.303 e. The molecule has 0 atom stereocenters. The van der Waals surface area contributed by atoms with Gasteiger partial charge in [0.2, 0.25) is 0 Å². The molecular weight excluding hydrogens is 250 g/mol. The molecule has 0 aliphatic carbocycles. The van der Waals surface area contributed by atoms with Crippen molar-refractivity contribution < 1.29 is 18.3 Å². The molecule has 2 rings (SSSR count). The van der Waals surface area contributed by atoms with E-state index in [1.165, 1.54) is 25.1 Å². The largest absolute Gasteiger partial charge is 0.455 e. The van der Waals surface area contributed by atoms with E-state index in [0.29, 0.717) is 5.39 Å². The molecule has 0 amide bonds. The summed E-state index contributed by atoms with van der Waals surface area (Å²) < 4.78 is 33.2. The lowest BCUT2D eigenvalue weighted by Crippen LogP contribution is -2.26. The minimum atomic E-state index is -1.24. The SMILES string of the molecule is CC(=O)OC(C)(C)c1c(F)ccc2cccc(F)c12. The predicted octanol–water partition coefficient (Wildman–Crippen LogP) is 3.92. The van der Waals surface area contributed by atoms with Crippen molar-refractivity contribution in [3.05, 3.63) is 47.5 Å². The van der Waals surface area contributed by atoms with E-state index in [1.807, 2.05) is 0 Å². The molecule has 0 bridgehead atoms. The maximum atomic E-state index is 14.1. The summed E-state index contributed by atoms with van der Waals surface area (Å²) in [6.45, 7) is 4.32. The average molecular weight is 264 g/mol. The Morgan fingerprint density at radius 2 is 1.79 bits per heavy atom. The Hall–Kier alpha value is -1.97. The quantitative estimate of drug-likeness (QED) is 0.768. The van der Waals surface area contributed by atoms with E-state index in [1.54, 1.807) is 26.0 Å². The molecule has 2 aromatic carbocycles. The lowest BCUT2D eigenvalue weighted by molar-refractivity contribution is -0.154. The maximum absolute atomic E-state index is 14.1. The zero-order valence-corrected chi connectivity index (χ0v) is 11.0. The first-order valence-corrected chi connectivity index (χ1v) is 5.90. The van der Waals surface area contributed by atoms with Gasteiger partial charge in [0.1, 0.15) is 17.2 Å². The first-order chi connectivity index (χ1) is 8.83. The van der Waals surface area contributed by atoms with E-state index in [0.717, 1.165) is 0 Å². The van der Waals surface area contributed by atoms with Crippen LogP contribution in [0.1, 0.15) is 26.3 Å². The summed E-state index contributed by atoms with van der Waals surface area (Å²) in [6, 6.07) is 7.25. The summed E-state index contributed by atoms with van der Waals surface area (Å²) in [7, 11) is 0. The zero-order valence-electron chi connectivity index (χ0n) is 11.0. The standard InChI is InChI=1S/C15H14F2O2/c1-9(18)19-15(2,3)14-12(17)8-7-10-5-4-6-11(16)13(10)14/h4-8H,1-3H3. The Morgan fingerprint density at radius 3 is 2.42 bits per heavy atom. The fraction of sp³-hybridized carbons (Fsp3) is 0.267. The fourth-order valence-corrected chi connectivity index (χ4v) is 2.31. The molecule has 4 heteroatoms. The minimum absolute atomic E-state index is 0.0540. The molecular formula is C15H14F2O2. The monoisotopic (exact) mass is 264 g/mol. The molecule has 0 saturated heterocycles. The molecule has 0 N–H and O–H groups in total. The summed E-state index contributed by atoms with van der Waals surface area (Å²) in [6.07, 6.45) is 0. The third kappa shape index (κ3) is 2.43. The molecule has 0 aliphatic heterocycles. The summed E-state index contributed by atoms with van der Waals surface area (Å²) in [4.78, 5) is 11.1. The van der Waals surface area contributed by atoms with Crippen molar-refractivity contribution in [2.45, 2.75) is 26.4 Å². The Balaban J connectivity index is 2.78. The van der Waals surface area contributed by atoms with Gasteiger partial charge in [-0.2, -0.15) is 0 Å². The Labute approximate surface area is 110 Å². The van der Waals surface area contributed by atoms with Gasteiger partial charge in [-0.05, 0) is 31.4 Å². The summed E-state index contributed by atoms with van der Waals surface area (Å²) in [5, 5.41) is 0.713. The summed E-state index contributed by atoms with van der Waals surface area (Å²) in [5.41, 5.74) is -1.18. The molecule has 100 valence electrons. The van der Waals surface area contributed by atoms with Crippen LogP contribution in [0.4, 0.5) is 8.78 Å². The van der Waals surface area contributed by atoms with Crippen LogP contribution in [-0.4, -0.2) is 5.97 Å². The van der Waals surface area contributed by atoms with Crippen LogP contribution >= 0.6 is 0 Å². The highest BCUT2D eigenvalue weighted by molar-refractivity contribution is 5.87. The third-order valence-electron chi connectivity index (χ3n) is 2.94. The van der Waals surface area contributed by atoms with Crippen LogP contribution in [0.2, 0.25) is 0 Å². The van der Waals surface area contributed by atoms with E-state index < -0.39 is 23.2 Å².